The van der Waals surface area contributed by atoms with Crippen LogP contribution in [0.25, 0.3) is 0 Å². The molecule has 3 rings (SSSR count). The topological polar surface area (TPSA) is 0 Å². The largest absolute Gasteiger partial charge is 0.0833 e. The highest BCUT2D eigenvalue weighted by atomic mass is 14.4. The van der Waals surface area contributed by atoms with E-state index in [1.54, 1.807) is 16.7 Å². The van der Waals surface area contributed by atoms with Gasteiger partial charge in [-0.3, -0.25) is 0 Å². The highest BCUT2D eigenvalue weighted by Gasteiger charge is 2.40. The van der Waals surface area contributed by atoms with E-state index in [0.717, 1.165) is 5.92 Å². The molecule has 0 bridgehead atoms. The first-order valence-electron chi connectivity index (χ1n) is 5.97. The summed E-state index contributed by atoms with van der Waals surface area (Å²) in [5.74, 6) is 0.728. The minimum atomic E-state index is 0.364. The summed E-state index contributed by atoms with van der Waals surface area (Å²) in [6.45, 7) is 4.75. The van der Waals surface area contributed by atoms with Gasteiger partial charge in [0.1, 0.15) is 0 Å². The van der Waals surface area contributed by atoms with Gasteiger partial charge < -0.3 is 0 Å². The number of hydrogen-bond donors (Lipinski definition) is 0. The zero-order chi connectivity index (χ0) is 10.5. The maximum Gasteiger partial charge on any atom is 0.0139 e. The van der Waals surface area contributed by atoms with Crippen LogP contribution in [0.1, 0.15) is 33.1 Å². The van der Waals surface area contributed by atoms with Crippen LogP contribution in [0.3, 0.4) is 0 Å². The molecule has 0 fully saturated rings. The third-order valence-corrected chi connectivity index (χ3v) is 4.25. The molecule has 78 valence electrons. The molecule has 0 aromatic heterocycles. The molecule has 0 amide bonds. The molecule has 0 spiro atoms. The van der Waals surface area contributed by atoms with Crippen LogP contribution in [0.4, 0.5) is 0 Å². The maximum absolute atomic E-state index is 2.43. The summed E-state index contributed by atoms with van der Waals surface area (Å²) in [5.41, 5.74) is 5.32. The first-order valence-corrected chi connectivity index (χ1v) is 5.97. The molecule has 0 saturated carbocycles. The van der Waals surface area contributed by atoms with Gasteiger partial charge >= 0.3 is 0 Å². The summed E-state index contributed by atoms with van der Waals surface area (Å²) in [6, 6.07) is 0. The second-order valence-corrected chi connectivity index (χ2v) is 5.38. The number of fused-ring (bicyclic) bond motifs is 2. The summed E-state index contributed by atoms with van der Waals surface area (Å²) in [7, 11) is 0. The van der Waals surface area contributed by atoms with E-state index in [4.69, 9.17) is 0 Å². The van der Waals surface area contributed by atoms with Gasteiger partial charge in [-0.1, -0.05) is 55.4 Å². The van der Waals surface area contributed by atoms with E-state index in [-0.39, 0.29) is 0 Å². The Bertz CT molecular complexity index is 417. The lowest BCUT2D eigenvalue weighted by Gasteiger charge is -2.32. The molecule has 3 aliphatic carbocycles. The Balaban J connectivity index is 2.07. The molecule has 0 N–H and O–H groups in total. The zero-order valence-electron chi connectivity index (χ0n) is 9.59. The fraction of sp³-hybridized carbons (Fsp3) is 0.467. The number of allylic oxidation sites excluding steroid dienone is 8. The molecule has 0 radical (unpaired) electrons. The quantitative estimate of drug-likeness (QED) is 0.548. The van der Waals surface area contributed by atoms with E-state index in [1.807, 2.05) is 0 Å². The molecule has 0 aliphatic heterocycles. The summed E-state index contributed by atoms with van der Waals surface area (Å²) in [4.78, 5) is 0. The van der Waals surface area contributed by atoms with Crippen molar-refractivity contribution in [2.45, 2.75) is 33.1 Å². The number of hydrogen-bond acceptors (Lipinski definition) is 0. The van der Waals surface area contributed by atoms with Crippen molar-refractivity contribution in [3.63, 3.8) is 0 Å². The molecular weight excluding hydrogens is 180 g/mol. The Morgan fingerprint density at radius 3 is 3.13 bits per heavy atom. The summed E-state index contributed by atoms with van der Waals surface area (Å²) in [6.07, 6.45) is 15.3. The van der Waals surface area contributed by atoms with Gasteiger partial charge in [0.05, 0.1) is 0 Å². The second-order valence-electron chi connectivity index (χ2n) is 5.38. The Hall–Kier alpha value is -1.04. The SMILES string of the molecule is CC1C=CC2=C(C1)C1(C)CC=CC=C1C2. The molecule has 0 aromatic rings. The molecule has 0 heterocycles. The molecule has 0 saturated heterocycles. The molecule has 0 aromatic carbocycles. The molecule has 2 unspecified atom stereocenters. The predicted octanol–water partition coefficient (Wildman–Crippen LogP) is 4.18. The zero-order valence-corrected chi connectivity index (χ0v) is 9.59. The van der Waals surface area contributed by atoms with E-state index in [1.165, 1.54) is 19.3 Å². The molecule has 2 atom stereocenters. The molecule has 0 nitrogen and oxygen atoms in total. The highest BCUT2D eigenvalue weighted by Crippen LogP contribution is 2.54. The van der Waals surface area contributed by atoms with Crippen molar-refractivity contribution in [1.29, 1.82) is 0 Å². The average Bonchev–Trinajstić information content (AvgIpc) is 2.51. The fourth-order valence-electron chi connectivity index (χ4n) is 3.23. The first kappa shape index (κ1) is 9.21. The summed E-state index contributed by atoms with van der Waals surface area (Å²) >= 11 is 0. The fourth-order valence-corrected chi connectivity index (χ4v) is 3.23. The highest BCUT2D eigenvalue weighted by molar-refractivity contribution is 5.51. The van der Waals surface area contributed by atoms with Gasteiger partial charge in [0.15, 0.2) is 0 Å². The van der Waals surface area contributed by atoms with Crippen molar-refractivity contribution in [2.75, 3.05) is 0 Å². The predicted molar refractivity (Wildman–Crippen MR) is 64.5 cm³/mol. The third-order valence-electron chi connectivity index (χ3n) is 4.25. The summed E-state index contributed by atoms with van der Waals surface area (Å²) < 4.78 is 0. The van der Waals surface area contributed by atoms with Crippen LogP contribution in [-0.4, -0.2) is 0 Å². The van der Waals surface area contributed by atoms with Crippen LogP contribution in [-0.2, 0) is 0 Å². The standard InChI is InChI=1S/C15H18/c1-11-6-7-12-10-13-5-3-4-8-15(13,2)14(12)9-11/h3-7,11H,8-10H2,1-2H3. The normalized spacial score (nSPS) is 37.7. The van der Waals surface area contributed by atoms with E-state index < -0.39 is 0 Å². The molecule has 0 heteroatoms. The minimum absolute atomic E-state index is 0.364. The van der Waals surface area contributed by atoms with Gasteiger partial charge in [0.25, 0.3) is 0 Å². The van der Waals surface area contributed by atoms with Crippen LogP contribution in [0.2, 0.25) is 0 Å². The first-order chi connectivity index (χ1) is 7.20. The van der Waals surface area contributed by atoms with Crippen molar-refractivity contribution in [2.24, 2.45) is 11.3 Å². The smallest absolute Gasteiger partial charge is 0.0139 e. The van der Waals surface area contributed by atoms with Gasteiger partial charge in [-0.2, -0.15) is 0 Å². The van der Waals surface area contributed by atoms with Crippen LogP contribution >= 0.6 is 0 Å². The Labute approximate surface area is 92.1 Å². The lowest BCUT2D eigenvalue weighted by molar-refractivity contribution is 0.460. The number of rotatable bonds is 0. The van der Waals surface area contributed by atoms with Gasteiger partial charge in [-0.05, 0) is 30.8 Å². The maximum atomic E-state index is 2.43. The molecule has 15 heavy (non-hydrogen) atoms. The van der Waals surface area contributed by atoms with Crippen molar-refractivity contribution in [3.8, 4) is 0 Å². The monoisotopic (exact) mass is 198 g/mol. The van der Waals surface area contributed by atoms with E-state index >= 15 is 0 Å². The van der Waals surface area contributed by atoms with Crippen LogP contribution < -0.4 is 0 Å². The van der Waals surface area contributed by atoms with Crippen molar-refractivity contribution < 1.29 is 0 Å². The lowest BCUT2D eigenvalue weighted by Crippen LogP contribution is -2.20. The van der Waals surface area contributed by atoms with Crippen LogP contribution in [0, 0.1) is 11.3 Å². The van der Waals surface area contributed by atoms with Crippen molar-refractivity contribution >= 4 is 0 Å². The van der Waals surface area contributed by atoms with Crippen LogP contribution in [0.5, 0.6) is 0 Å². The third kappa shape index (κ3) is 1.20. The van der Waals surface area contributed by atoms with E-state index in [2.05, 4.69) is 44.2 Å². The van der Waals surface area contributed by atoms with Gasteiger partial charge in [-0.15, -0.1) is 0 Å². The Morgan fingerprint density at radius 2 is 2.27 bits per heavy atom. The Morgan fingerprint density at radius 1 is 1.40 bits per heavy atom. The molecule has 3 aliphatic rings. The average molecular weight is 198 g/mol. The molecular formula is C15H18. The van der Waals surface area contributed by atoms with E-state index in [9.17, 15) is 0 Å². The lowest BCUT2D eigenvalue weighted by atomic mass is 9.71. The van der Waals surface area contributed by atoms with Crippen molar-refractivity contribution in [3.05, 3.63) is 47.1 Å². The van der Waals surface area contributed by atoms with Gasteiger partial charge in [0, 0.05) is 5.41 Å². The van der Waals surface area contributed by atoms with Gasteiger partial charge in [0.2, 0.25) is 0 Å². The Kier molecular flexibility index (Phi) is 1.83. The van der Waals surface area contributed by atoms with Crippen LogP contribution in [0.15, 0.2) is 47.1 Å². The van der Waals surface area contributed by atoms with E-state index in [0.29, 0.717) is 5.41 Å². The van der Waals surface area contributed by atoms with Crippen molar-refractivity contribution in [1.82, 2.24) is 0 Å². The minimum Gasteiger partial charge on any atom is -0.0833 e. The van der Waals surface area contributed by atoms with Gasteiger partial charge in [-0.25, -0.2) is 0 Å². The summed E-state index contributed by atoms with van der Waals surface area (Å²) in [5, 5.41) is 0. The second kappa shape index (κ2) is 2.98.